The molecule has 0 saturated carbocycles. The molecule has 1 rings (SSSR count). The normalized spacial score (nSPS) is 14.0. The fourth-order valence-electron chi connectivity index (χ4n) is 1.57. The molecule has 0 aliphatic rings. The van der Waals surface area contributed by atoms with E-state index in [2.05, 4.69) is 20.8 Å². The number of nitrogens with two attached hydrogens (primary N) is 1. The van der Waals surface area contributed by atoms with Crippen molar-refractivity contribution in [2.75, 3.05) is 0 Å². The molecule has 0 spiro atoms. The van der Waals surface area contributed by atoms with Crippen molar-refractivity contribution in [1.82, 2.24) is 0 Å². The van der Waals surface area contributed by atoms with E-state index in [1.807, 2.05) is 18.2 Å². The molecule has 3 N–H and O–H groups in total. The van der Waals surface area contributed by atoms with Crippen molar-refractivity contribution >= 4 is 0 Å². The number of rotatable bonds is 2. The van der Waals surface area contributed by atoms with Gasteiger partial charge in [0.15, 0.2) is 0 Å². The fourth-order valence-corrected chi connectivity index (χ4v) is 1.57. The summed E-state index contributed by atoms with van der Waals surface area (Å²) in [7, 11) is 0. The first-order valence-electron chi connectivity index (χ1n) is 4.93. The van der Waals surface area contributed by atoms with Crippen LogP contribution in [0.3, 0.4) is 0 Å². The van der Waals surface area contributed by atoms with Crippen LogP contribution in [0, 0.1) is 5.41 Å². The van der Waals surface area contributed by atoms with E-state index in [-0.39, 0.29) is 11.5 Å². The van der Waals surface area contributed by atoms with Gasteiger partial charge >= 0.3 is 0 Å². The third kappa shape index (κ3) is 3.04. The second-order valence-corrected chi connectivity index (χ2v) is 4.93. The topological polar surface area (TPSA) is 46.2 Å². The predicted molar refractivity (Wildman–Crippen MR) is 59.1 cm³/mol. The Labute approximate surface area is 85.8 Å². The maximum Gasteiger partial charge on any atom is 0.120 e. The Morgan fingerprint density at radius 2 is 1.86 bits per heavy atom. The average Bonchev–Trinajstić information content (AvgIpc) is 2.01. The van der Waals surface area contributed by atoms with Gasteiger partial charge in [-0.1, -0.05) is 39.0 Å². The lowest BCUT2D eigenvalue weighted by atomic mass is 9.86. The molecule has 1 aromatic carbocycles. The van der Waals surface area contributed by atoms with Gasteiger partial charge in [-0.05, 0) is 17.9 Å². The molecule has 0 unspecified atom stereocenters. The summed E-state index contributed by atoms with van der Waals surface area (Å²) in [6.45, 7) is 6.44. The highest BCUT2D eigenvalue weighted by atomic mass is 16.3. The minimum absolute atomic E-state index is 0.0869. The number of benzene rings is 1. The standard InChI is InChI=1S/C12H19NO/c1-12(2,3)8-10(13)9-6-4-5-7-11(9)14/h4-7,10,14H,8,13H2,1-3H3/t10-/m1/s1. The van der Waals surface area contributed by atoms with Crippen LogP contribution in [-0.4, -0.2) is 5.11 Å². The monoisotopic (exact) mass is 193 g/mol. The van der Waals surface area contributed by atoms with Crippen molar-refractivity contribution in [2.45, 2.75) is 33.2 Å². The summed E-state index contributed by atoms with van der Waals surface area (Å²) < 4.78 is 0. The summed E-state index contributed by atoms with van der Waals surface area (Å²) in [6, 6.07) is 7.18. The Hall–Kier alpha value is -1.02. The summed E-state index contributed by atoms with van der Waals surface area (Å²) in [5.41, 5.74) is 7.04. The van der Waals surface area contributed by atoms with E-state index in [1.165, 1.54) is 0 Å². The first-order chi connectivity index (χ1) is 6.40. The van der Waals surface area contributed by atoms with Crippen LogP contribution in [0.25, 0.3) is 0 Å². The molecule has 0 aromatic heterocycles. The second-order valence-electron chi connectivity index (χ2n) is 4.93. The molecule has 1 atom stereocenters. The van der Waals surface area contributed by atoms with E-state index in [9.17, 15) is 5.11 Å². The number of phenols is 1. The zero-order valence-corrected chi connectivity index (χ0v) is 9.12. The molecular formula is C12H19NO. The highest BCUT2D eigenvalue weighted by Gasteiger charge is 2.18. The number of phenolic OH excluding ortho intramolecular Hbond substituents is 1. The molecule has 0 aliphatic heterocycles. The van der Waals surface area contributed by atoms with E-state index in [0.717, 1.165) is 12.0 Å². The summed E-state index contributed by atoms with van der Waals surface area (Å²) in [4.78, 5) is 0. The van der Waals surface area contributed by atoms with Crippen LogP contribution in [0.1, 0.15) is 38.8 Å². The number of hydrogen-bond acceptors (Lipinski definition) is 2. The van der Waals surface area contributed by atoms with E-state index in [4.69, 9.17) is 5.73 Å². The van der Waals surface area contributed by atoms with E-state index in [0.29, 0.717) is 5.75 Å². The molecule has 0 aliphatic carbocycles. The minimum Gasteiger partial charge on any atom is -0.508 e. The van der Waals surface area contributed by atoms with Gasteiger partial charge in [0.25, 0.3) is 0 Å². The lowest BCUT2D eigenvalue weighted by Crippen LogP contribution is -2.18. The van der Waals surface area contributed by atoms with Gasteiger partial charge in [-0.2, -0.15) is 0 Å². The van der Waals surface area contributed by atoms with Crippen molar-refractivity contribution in [3.05, 3.63) is 29.8 Å². The summed E-state index contributed by atoms with van der Waals surface area (Å²) in [5.74, 6) is 0.296. The predicted octanol–water partition coefficient (Wildman–Crippen LogP) is 2.83. The molecule has 0 bridgehead atoms. The van der Waals surface area contributed by atoms with Gasteiger partial charge in [-0.15, -0.1) is 0 Å². The van der Waals surface area contributed by atoms with Gasteiger partial charge in [-0.3, -0.25) is 0 Å². The first kappa shape index (κ1) is 11.1. The molecule has 0 saturated heterocycles. The third-order valence-electron chi connectivity index (χ3n) is 2.17. The third-order valence-corrected chi connectivity index (χ3v) is 2.17. The van der Waals surface area contributed by atoms with Crippen molar-refractivity contribution in [1.29, 1.82) is 0 Å². The van der Waals surface area contributed by atoms with Gasteiger partial charge < -0.3 is 10.8 Å². The van der Waals surface area contributed by atoms with Crippen LogP contribution >= 0.6 is 0 Å². The molecule has 0 radical (unpaired) electrons. The fraction of sp³-hybridized carbons (Fsp3) is 0.500. The van der Waals surface area contributed by atoms with Crippen LogP contribution < -0.4 is 5.73 Å². The minimum atomic E-state index is -0.0869. The molecule has 1 aromatic rings. The molecule has 0 heterocycles. The highest BCUT2D eigenvalue weighted by molar-refractivity contribution is 5.34. The van der Waals surface area contributed by atoms with Crippen LogP contribution in [0.4, 0.5) is 0 Å². The molecule has 0 fully saturated rings. The summed E-state index contributed by atoms with van der Waals surface area (Å²) in [5, 5.41) is 9.60. The van der Waals surface area contributed by atoms with Crippen LogP contribution in [0.2, 0.25) is 0 Å². The number of hydrogen-bond donors (Lipinski definition) is 2. The summed E-state index contributed by atoms with van der Waals surface area (Å²) in [6.07, 6.45) is 0.866. The molecule has 0 amide bonds. The largest absolute Gasteiger partial charge is 0.508 e. The van der Waals surface area contributed by atoms with Crippen LogP contribution in [0.5, 0.6) is 5.75 Å². The second kappa shape index (κ2) is 4.01. The average molecular weight is 193 g/mol. The lowest BCUT2D eigenvalue weighted by Gasteiger charge is -2.23. The van der Waals surface area contributed by atoms with E-state index < -0.39 is 0 Å². The van der Waals surface area contributed by atoms with Crippen molar-refractivity contribution in [3.63, 3.8) is 0 Å². The van der Waals surface area contributed by atoms with Gasteiger partial charge in [0.05, 0.1) is 0 Å². The maximum absolute atomic E-state index is 9.60. The summed E-state index contributed by atoms with van der Waals surface area (Å²) >= 11 is 0. The molecule has 78 valence electrons. The smallest absolute Gasteiger partial charge is 0.120 e. The number of aromatic hydroxyl groups is 1. The van der Waals surface area contributed by atoms with Crippen molar-refractivity contribution < 1.29 is 5.11 Å². The van der Waals surface area contributed by atoms with Crippen molar-refractivity contribution in [3.8, 4) is 5.75 Å². The first-order valence-corrected chi connectivity index (χ1v) is 4.93. The Kier molecular flexibility index (Phi) is 3.17. The highest BCUT2D eigenvalue weighted by Crippen LogP contribution is 2.31. The maximum atomic E-state index is 9.60. The van der Waals surface area contributed by atoms with Gasteiger partial charge in [-0.25, -0.2) is 0 Å². The Bertz CT molecular complexity index is 301. The Morgan fingerprint density at radius 1 is 1.29 bits per heavy atom. The molecule has 2 nitrogen and oxygen atoms in total. The van der Waals surface area contributed by atoms with E-state index >= 15 is 0 Å². The van der Waals surface area contributed by atoms with E-state index in [1.54, 1.807) is 6.07 Å². The lowest BCUT2D eigenvalue weighted by molar-refractivity contribution is 0.337. The van der Waals surface area contributed by atoms with Crippen LogP contribution in [-0.2, 0) is 0 Å². The molecule has 2 heteroatoms. The van der Waals surface area contributed by atoms with Gasteiger partial charge in [0.2, 0.25) is 0 Å². The van der Waals surface area contributed by atoms with Gasteiger partial charge in [0.1, 0.15) is 5.75 Å². The SMILES string of the molecule is CC(C)(C)C[C@@H](N)c1ccccc1O. The Balaban J connectivity index is 2.80. The van der Waals surface area contributed by atoms with Crippen LogP contribution in [0.15, 0.2) is 24.3 Å². The zero-order chi connectivity index (χ0) is 10.8. The molecule has 14 heavy (non-hydrogen) atoms. The van der Waals surface area contributed by atoms with Crippen molar-refractivity contribution in [2.24, 2.45) is 11.1 Å². The molecular weight excluding hydrogens is 174 g/mol. The Morgan fingerprint density at radius 3 is 2.36 bits per heavy atom. The van der Waals surface area contributed by atoms with Gasteiger partial charge in [0, 0.05) is 11.6 Å². The quantitative estimate of drug-likeness (QED) is 0.758. The number of para-hydroxylation sites is 1. The zero-order valence-electron chi connectivity index (χ0n) is 9.12.